The van der Waals surface area contributed by atoms with Crippen molar-refractivity contribution >= 4 is 65.2 Å². The molecule has 3 nitrogen and oxygen atoms in total. The van der Waals surface area contributed by atoms with Gasteiger partial charge in [-0.25, -0.2) is 9.69 Å². The summed E-state index contributed by atoms with van der Waals surface area (Å²) < 4.78 is 0. The molecule has 0 spiro atoms. The van der Waals surface area contributed by atoms with Crippen molar-refractivity contribution in [3.63, 3.8) is 0 Å². The number of hydrogen-bond donors (Lipinski definition) is 0. The van der Waals surface area contributed by atoms with E-state index in [0.717, 1.165) is 71.1 Å². The Kier molecular flexibility index (Phi) is 6.93. The van der Waals surface area contributed by atoms with E-state index in [9.17, 15) is 5.26 Å². The van der Waals surface area contributed by atoms with E-state index in [-0.39, 0.29) is 0 Å². The molecule has 0 amide bonds. The maximum atomic E-state index is 10.1. The van der Waals surface area contributed by atoms with Crippen LogP contribution < -0.4 is 0 Å². The van der Waals surface area contributed by atoms with Gasteiger partial charge in [0.25, 0.3) is 0 Å². The standard InChI is InChI=1S/C59H29N3/c1-61-37-15-6-14-36(27-37)57-44-24-23-39-48(52(44)31-54-43-17-7-11-34-12-8-20-46(56(34)43)59(54)57)28-47(35-13-5-10-33(26-35)32-60)53-30-51-45-25-22-38(40-16-3-4-21-55(40)62-2)41-18-9-19-42(58(41)45)50(51)29-49(39)53/h3-31H. The third kappa shape index (κ3) is 4.56. The van der Waals surface area contributed by atoms with E-state index >= 15 is 0 Å². The molecule has 0 saturated heterocycles. The van der Waals surface area contributed by atoms with Crippen LogP contribution in [0.4, 0.5) is 11.4 Å². The van der Waals surface area contributed by atoms with Gasteiger partial charge in [0.2, 0.25) is 0 Å². The Hall–Kier alpha value is -8.81. The molecule has 0 aromatic heterocycles. The lowest BCUT2D eigenvalue weighted by Crippen LogP contribution is -1.92. The lowest BCUT2D eigenvalue weighted by molar-refractivity contribution is 1.48. The molecule has 2 aliphatic rings. The summed E-state index contributed by atoms with van der Waals surface area (Å²) in [5.41, 5.74) is 17.7. The second-order valence-electron chi connectivity index (χ2n) is 16.4. The van der Waals surface area contributed by atoms with Crippen LogP contribution in [0.3, 0.4) is 0 Å². The number of para-hydroxylation sites is 1. The van der Waals surface area contributed by atoms with Crippen LogP contribution >= 0.6 is 0 Å². The SMILES string of the molecule is [C-]#[N+]c1cccc(-c2c3c(cc4c2ccc2c5cc6c(cc5c(-c5cccc(C#N)c5)cc42)-c2ccc(-c4ccccc4[N+]#[C-])c4cccc-6c24)-c2cccc4cccc-3c24)c1. The van der Waals surface area contributed by atoms with Crippen LogP contribution in [-0.2, 0) is 0 Å². The molecule has 2 aliphatic carbocycles. The maximum Gasteiger partial charge on any atom is 0.194 e. The molecule has 62 heavy (non-hydrogen) atoms. The molecule has 0 unspecified atom stereocenters. The summed E-state index contributed by atoms with van der Waals surface area (Å²) in [4.78, 5) is 7.73. The minimum Gasteiger partial charge on any atom is -0.238 e. The highest BCUT2D eigenvalue weighted by Crippen LogP contribution is 2.56. The van der Waals surface area contributed by atoms with Crippen molar-refractivity contribution in [1.29, 1.82) is 5.26 Å². The topological polar surface area (TPSA) is 32.5 Å². The van der Waals surface area contributed by atoms with Gasteiger partial charge in [-0.2, -0.15) is 5.26 Å². The maximum absolute atomic E-state index is 10.1. The van der Waals surface area contributed by atoms with E-state index in [0.29, 0.717) is 16.9 Å². The van der Waals surface area contributed by atoms with Crippen molar-refractivity contribution in [3.05, 3.63) is 204 Å². The highest BCUT2D eigenvalue weighted by molar-refractivity contribution is 6.30. The van der Waals surface area contributed by atoms with E-state index in [4.69, 9.17) is 13.1 Å². The third-order valence-corrected chi connectivity index (χ3v) is 13.4. The number of nitriles is 1. The van der Waals surface area contributed by atoms with Gasteiger partial charge < -0.3 is 0 Å². The van der Waals surface area contributed by atoms with Crippen LogP contribution in [0.15, 0.2) is 176 Å². The van der Waals surface area contributed by atoms with Crippen LogP contribution in [0.1, 0.15) is 5.56 Å². The zero-order valence-electron chi connectivity index (χ0n) is 33.1. The molecule has 11 aromatic carbocycles. The average Bonchev–Trinajstić information content (AvgIpc) is 3.83. The molecule has 0 N–H and O–H groups in total. The number of nitrogens with zero attached hydrogens (tertiary/aromatic N) is 3. The molecular weight excluding hydrogens is 751 g/mol. The summed E-state index contributed by atoms with van der Waals surface area (Å²) in [6.45, 7) is 15.8. The molecule has 0 atom stereocenters. The first-order valence-corrected chi connectivity index (χ1v) is 20.7. The normalized spacial score (nSPS) is 11.8. The Morgan fingerprint density at radius 2 is 0.984 bits per heavy atom. The van der Waals surface area contributed by atoms with Gasteiger partial charge in [-0.1, -0.05) is 133 Å². The minimum atomic E-state index is 0.612. The fourth-order valence-corrected chi connectivity index (χ4v) is 10.8. The van der Waals surface area contributed by atoms with Gasteiger partial charge in [0.05, 0.1) is 24.8 Å². The number of benzene rings is 11. The van der Waals surface area contributed by atoms with Crippen molar-refractivity contribution in [2.75, 3.05) is 0 Å². The molecule has 0 heterocycles. The molecule has 0 saturated carbocycles. The summed E-state index contributed by atoms with van der Waals surface area (Å²) in [5, 5.41) is 21.7. The highest BCUT2D eigenvalue weighted by Gasteiger charge is 2.29. The van der Waals surface area contributed by atoms with Crippen LogP contribution in [0.5, 0.6) is 0 Å². The van der Waals surface area contributed by atoms with Crippen molar-refractivity contribution in [2.45, 2.75) is 0 Å². The van der Waals surface area contributed by atoms with Crippen LogP contribution in [-0.4, -0.2) is 0 Å². The average molecular weight is 780 g/mol. The second kappa shape index (κ2) is 12.6. The van der Waals surface area contributed by atoms with E-state index in [1.54, 1.807) is 0 Å². The highest BCUT2D eigenvalue weighted by atomic mass is 14.6. The monoisotopic (exact) mass is 779 g/mol. The fraction of sp³-hybridized carbons (Fsp3) is 0. The van der Waals surface area contributed by atoms with Crippen molar-refractivity contribution in [1.82, 2.24) is 0 Å². The summed E-state index contributed by atoms with van der Waals surface area (Å²) >= 11 is 0. The van der Waals surface area contributed by atoms with Crippen LogP contribution in [0, 0.1) is 24.5 Å². The van der Waals surface area contributed by atoms with E-state index < -0.39 is 0 Å². The summed E-state index contributed by atoms with van der Waals surface area (Å²) in [5.74, 6) is 0. The van der Waals surface area contributed by atoms with E-state index in [1.165, 1.54) is 60.7 Å². The lowest BCUT2D eigenvalue weighted by Gasteiger charge is -2.19. The number of rotatable bonds is 3. The lowest BCUT2D eigenvalue weighted by atomic mass is 9.84. The minimum absolute atomic E-state index is 0.612. The van der Waals surface area contributed by atoms with Gasteiger partial charge in [0.1, 0.15) is 0 Å². The molecular formula is C59H29N3. The first-order valence-electron chi connectivity index (χ1n) is 20.7. The Morgan fingerprint density at radius 1 is 0.355 bits per heavy atom. The van der Waals surface area contributed by atoms with Crippen LogP contribution in [0.25, 0.3) is 141 Å². The molecule has 0 fully saturated rings. The third-order valence-electron chi connectivity index (χ3n) is 13.4. The molecule has 280 valence electrons. The molecule has 3 heteroatoms. The molecule has 0 bridgehead atoms. The van der Waals surface area contributed by atoms with E-state index in [2.05, 4.69) is 131 Å². The van der Waals surface area contributed by atoms with Crippen molar-refractivity contribution in [2.24, 2.45) is 0 Å². The van der Waals surface area contributed by atoms with Gasteiger partial charge in [-0.3, -0.25) is 0 Å². The Morgan fingerprint density at radius 3 is 1.82 bits per heavy atom. The molecule has 11 aromatic rings. The van der Waals surface area contributed by atoms with Gasteiger partial charge in [0, 0.05) is 0 Å². The summed E-state index contributed by atoms with van der Waals surface area (Å²) in [6, 6.07) is 64.5. The van der Waals surface area contributed by atoms with Gasteiger partial charge in [-0.15, -0.1) is 0 Å². The summed E-state index contributed by atoms with van der Waals surface area (Å²) in [6.07, 6.45) is 0. The van der Waals surface area contributed by atoms with Crippen molar-refractivity contribution in [3.8, 4) is 84.0 Å². The van der Waals surface area contributed by atoms with Crippen LogP contribution in [0.2, 0.25) is 0 Å². The number of hydrogen-bond acceptors (Lipinski definition) is 1. The summed E-state index contributed by atoms with van der Waals surface area (Å²) in [7, 11) is 0. The second-order valence-corrected chi connectivity index (χ2v) is 16.4. The van der Waals surface area contributed by atoms with E-state index in [1.807, 2.05) is 60.7 Å². The zero-order chi connectivity index (χ0) is 41.2. The first-order chi connectivity index (χ1) is 30.6. The quantitative estimate of drug-likeness (QED) is 0.130. The first kappa shape index (κ1) is 34.1. The van der Waals surface area contributed by atoms with Gasteiger partial charge in [0.15, 0.2) is 11.4 Å². The molecule has 0 radical (unpaired) electrons. The largest absolute Gasteiger partial charge is 0.238 e. The Balaban J connectivity index is 1.16. The zero-order valence-corrected chi connectivity index (χ0v) is 33.1. The van der Waals surface area contributed by atoms with Crippen molar-refractivity contribution < 1.29 is 0 Å². The smallest absolute Gasteiger partial charge is 0.194 e. The van der Waals surface area contributed by atoms with Gasteiger partial charge >= 0.3 is 0 Å². The number of fused-ring (bicyclic) bond motifs is 11. The molecule has 0 aliphatic heterocycles. The molecule has 13 rings (SSSR count). The van der Waals surface area contributed by atoms with Gasteiger partial charge in [-0.05, 0) is 174 Å². The fourth-order valence-electron chi connectivity index (χ4n) is 10.8. The Labute approximate surface area is 357 Å². The predicted octanol–water partition coefficient (Wildman–Crippen LogP) is 16.7. The predicted molar refractivity (Wildman–Crippen MR) is 256 cm³/mol. The Bertz CT molecular complexity index is 4010.